The third-order valence-corrected chi connectivity index (χ3v) is 4.02. The second-order valence-electron chi connectivity index (χ2n) is 6.97. The van der Waals surface area contributed by atoms with E-state index in [4.69, 9.17) is 0 Å². The highest BCUT2D eigenvalue weighted by atomic mass is 19.4. The van der Waals surface area contributed by atoms with E-state index in [1.807, 2.05) is 0 Å². The van der Waals surface area contributed by atoms with Crippen molar-refractivity contribution in [2.75, 3.05) is 26.4 Å². The number of ether oxygens (including phenoxy) is 4. The second kappa shape index (κ2) is 11.3. The summed E-state index contributed by atoms with van der Waals surface area (Å²) in [6, 6.07) is 0. The first-order chi connectivity index (χ1) is 16.5. The van der Waals surface area contributed by atoms with Crippen LogP contribution in [-0.4, -0.2) is 85.5 Å². The Bertz CT molecular complexity index is 800. The lowest BCUT2D eigenvalue weighted by Gasteiger charge is -2.32. The molecule has 0 aliphatic carbocycles. The van der Waals surface area contributed by atoms with Crippen LogP contribution in [0.25, 0.3) is 0 Å². The molecule has 0 spiro atoms. The monoisotopic (exact) mass is 562 g/mol. The molecule has 0 atom stereocenters. The van der Waals surface area contributed by atoms with Crippen LogP contribution < -0.4 is 0 Å². The van der Waals surface area contributed by atoms with Crippen molar-refractivity contribution >= 4 is 0 Å². The zero-order chi connectivity index (χ0) is 29.6. The fraction of sp³-hybridized carbons (Fsp3) is 1.00. The van der Waals surface area contributed by atoms with E-state index in [0.29, 0.717) is 0 Å². The summed E-state index contributed by atoms with van der Waals surface area (Å²) in [6.07, 6.45) is -9.81. The quantitative estimate of drug-likeness (QED) is 0.0737. The Morgan fingerprint density at radius 2 is 0.784 bits per heavy atom. The maximum absolute atomic E-state index is 14.2. The lowest BCUT2D eigenvalue weighted by Crippen LogP contribution is -2.57. The van der Waals surface area contributed by atoms with Gasteiger partial charge in [0.05, 0.1) is 13.8 Å². The molecular weight excluding hydrogens is 548 g/mol. The van der Waals surface area contributed by atoms with E-state index >= 15 is 0 Å². The summed E-state index contributed by atoms with van der Waals surface area (Å²) in [6.45, 7) is -9.10. The molecule has 0 aromatic heterocycles. The topological polar surface area (TPSA) is 296 Å². The summed E-state index contributed by atoms with van der Waals surface area (Å²) in [5.41, 5.74) is -7.04. The van der Waals surface area contributed by atoms with Crippen molar-refractivity contribution < 1.29 is 66.0 Å². The number of nitrogens with zero attached hydrogens (tertiary/aromatic N) is 6. The highest BCUT2D eigenvalue weighted by Crippen LogP contribution is 2.29. The molecule has 0 saturated carbocycles. The fourth-order valence-electron chi connectivity index (χ4n) is 1.57. The summed E-state index contributed by atoms with van der Waals surface area (Å²) in [7, 11) is 0. The van der Waals surface area contributed by atoms with Crippen molar-refractivity contribution in [1.29, 1.82) is 0 Å². The second-order valence-corrected chi connectivity index (χ2v) is 6.97. The third-order valence-electron chi connectivity index (χ3n) is 4.02. The van der Waals surface area contributed by atoms with Gasteiger partial charge in [0, 0.05) is 0 Å². The molecule has 0 rings (SSSR count). The van der Waals surface area contributed by atoms with E-state index in [1.165, 1.54) is 0 Å². The van der Waals surface area contributed by atoms with Gasteiger partial charge in [-0.15, -0.1) is 0 Å². The Morgan fingerprint density at radius 3 is 1.03 bits per heavy atom. The van der Waals surface area contributed by atoms with Gasteiger partial charge in [-0.25, -0.2) is 0 Å². The van der Waals surface area contributed by atoms with Gasteiger partial charge in [0.2, 0.25) is 6.61 Å². The fourth-order valence-corrected chi connectivity index (χ4v) is 1.57. The SMILES string of the molecule is CC(COC(OCC(F)(F)F)(OCC(C)([N+](=O)[O-])[N+](=O)[O-])OCC(F)([N+](=O)[O-])[N+](=O)[O-])([N+](=O)[O-])[N+](=O)[O-]. The molecule has 0 N–H and O–H groups in total. The first kappa shape index (κ1) is 33.0. The van der Waals surface area contributed by atoms with Gasteiger partial charge in [-0.05, 0) is 0 Å². The van der Waals surface area contributed by atoms with Crippen molar-refractivity contribution in [2.24, 2.45) is 0 Å². The molecule has 37 heavy (non-hydrogen) atoms. The van der Waals surface area contributed by atoms with Gasteiger partial charge in [-0.1, -0.05) is 4.39 Å². The van der Waals surface area contributed by atoms with E-state index in [1.54, 1.807) is 0 Å². The zero-order valence-corrected chi connectivity index (χ0v) is 18.1. The summed E-state index contributed by atoms with van der Waals surface area (Å²) < 4.78 is 69.2. The van der Waals surface area contributed by atoms with Crippen LogP contribution in [-0.2, 0) is 18.9 Å². The molecule has 22 nitrogen and oxygen atoms in total. The van der Waals surface area contributed by atoms with Crippen molar-refractivity contribution in [3.8, 4) is 0 Å². The van der Waals surface area contributed by atoms with Gasteiger partial charge in [-0.2, -0.15) is 13.2 Å². The predicted molar refractivity (Wildman–Crippen MR) is 95.2 cm³/mol. The largest absolute Gasteiger partial charge is 0.638 e. The number of hydrogen-bond acceptors (Lipinski definition) is 16. The van der Waals surface area contributed by atoms with Gasteiger partial charge in [0.15, 0.2) is 19.8 Å². The third kappa shape index (κ3) is 7.98. The zero-order valence-electron chi connectivity index (χ0n) is 18.1. The Kier molecular flexibility index (Phi) is 10.1. The van der Waals surface area contributed by atoms with Crippen LogP contribution in [0.4, 0.5) is 17.6 Å². The minimum atomic E-state index is -5.47. The molecular formula is C11H14F4N6O16. The Labute approximate surface area is 197 Å². The number of hydrogen-bond donors (Lipinski definition) is 0. The highest BCUT2D eigenvalue weighted by molar-refractivity contribution is 4.65. The van der Waals surface area contributed by atoms with E-state index in [9.17, 15) is 78.2 Å². The molecule has 212 valence electrons. The summed E-state index contributed by atoms with van der Waals surface area (Å²) >= 11 is 0. The predicted octanol–water partition coefficient (Wildman–Crippen LogP) is -0.0577. The van der Waals surface area contributed by atoms with Crippen LogP contribution in [0, 0.1) is 60.7 Å². The molecule has 26 heteroatoms. The number of nitro groups is 6. The molecule has 0 amide bonds. The molecule has 0 aromatic carbocycles. The van der Waals surface area contributed by atoms with Crippen LogP contribution in [0.5, 0.6) is 0 Å². The highest BCUT2D eigenvalue weighted by Gasteiger charge is 2.63. The molecule has 0 radical (unpaired) electrons. The molecule has 0 aliphatic heterocycles. The van der Waals surface area contributed by atoms with Crippen molar-refractivity contribution in [3.63, 3.8) is 0 Å². The molecule has 0 bridgehead atoms. The number of alkyl halides is 4. The average molecular weight is 562 g/mol. The minimum Gasteiger partial charge on any atom is -0.294 e. The van der Waals surface area contributed by atoms with E-state index in [2.05, 4.69) is 18.9 Å². The molecule has 0 unspecified atom stereocenters. The van der Waals surface area contributed by atoms with Gasteiger partial charge in [0.1, 0.15) is 29.5 Å². The summed E-state index contributed by atoms with van der Waals surface area (Å²) in [5.74, 6) is -4.93. The minimum absolute atomic E-state index is 0.174. The van der Waals surface area contributed by atoms with Crippen molar-refractivity contribution in [1.82, 2.24) is 0 Å². The van der Waals surface area contributed by atoms with E-state index in [-0.39, 0.29) is 13.8 Å². The normalized spacial score (nSPS) is 13.1. The Hall–Kier alpha value is -4.04. The van der Waals surface area contributed by atoms with E-state index in [0.717, 1.165) is 0 Å². The lowest BCUT2D eigenvalue weighted by atomic mass is 10.2. The summed E-state index contributed by atoms with van der Waals surface area (Å²) in [5, 5.41) is 65.7. The van der Waals surface area contributed by atoms with Crippen molar-refractivity contribution in [2.45, 2.75) is 43.4 Å². The Morgan fingerprint density at radius 1 is 0.514 bits per heavy atom. The number of halogens is 4. The Balaban J connectivity index is 6.72. The first-order valence-corrected chi connectivity index (χ1v) is 8.67. The van der Waals surface area contributed by atoms with Gasteiger partial charge < -0.3 is 0 Å². The molecule has 0 heterocycles. The molecule has 0 saturated heterocycles. The van der Waals surface area contributed by atoms with Crippen LogP contribution in [0.2, 0.25) is 0 Å². The maximum Gasteiger partial charge on any atom is 0.638 e. The molecule has 0 aliphatic rings. The standard InChI is InChI=1S/C11H14F4N6O16/c1-7(16(22)23,17(24)25)3-34-11(36-5-9(12,13)14,35-4-8(2,18(26)27)19(28)29)37-6-10(15,20(30)31)21(32)33/h3-6H2,1-2H3. The van der Waals surface area contributed by atoms with E-state index < -0.39 is 85.5 Å². The average Bonchev–Trinajstić information content (AvgIpc) is 2.75. The molecule has 0 aromatic rings. The smallest absolute Gasteiger partial charge is 0.294 e. The van der Waals surface area contributed by atoms with Crippen LogP contribution >= 0.6 is 0 Å². The van der Waals surface area contributed by atoms with Gasteiger partial charge >= 0.3 is 29.6 Å². The lowest BCUT2D eigenvalue weighted by molar-refractivity contribution is -0.837. The van der Waals surface area contributed by atoms with Gasteiger partial charge in [0.25, 0.3) is 0 Å². The van der Waals surface area contributed by atoms with Crippen LogP contribution in [0.3, 0.4) is 0 Å². The maximum atomic E-state index is 14.2. The van der Waals surface area contributed by atoms with Gasteiger partial charge in [-0.3, -0.25) is 79.6 Å². The van der Waals surface area contributed by atoms with Crippen LogP contribution in [0.15, 0.2) is 0 Å². The number of rotatable bonds is 17. The van der Waals surface area contributed by atoms with Crippen LogP contribution in [0.1, 0.15) is 13.8 Å². The summed E-state index contributed by atoms with van der Waals surface area (Å²) in [4.78, 5) is 54.3. The van der Waals surface area contributed by atoms with Crippen molar-refractivity contribution in [3.05, 3.63) is 60.7 Å². The first-order valence-electron chi connectivity index (χ1n) is 8.67. The molecule has 0 fully saturated rings.